The van der Waals surface area contributed by atoms with Gasteiger partial charge in [-0.2, -0.15) is 0 Å². The van der Waals surface area contributed by atoms with Gasteiger partial charge in [0.15, 0.2) is 0 Å². The third-order valence-electron chi connectivity index (χ3n) is 3.50. The SMILES string of the molecule is CC(C)Cc1cccc(Oc2ccc(C(C)(C)C)cc2)c1. The van der Waals surface area contributed by atoms with Crippen LogP contribution in [0.5, 0.6) is 11.5 Å². The molecular weight excluding hydrogens is 256 g/mol. The molecule has 0 bridgehead atoms. The highest BCUT2D eigenvalue weighted by molar-refractivity contribution is 5.36. The molecule has 0 aromatic heterocycles. The molecule has 0 heterocycles. The number of hydrogen-bond donors (Lipinski definition) is 0. The molecule has 0 N–H and O–H groups in total. The molecule has 0 atom stereocenters. The molecule has 112 valence electrons. The zero-order chi connectivity index (χ0) is 15.5. The molecule has 0 radical (unpaired) electrons. The van der Waals surface area contributed by atoms with Gasteiger partial charge in [-0.1, -0.05) is 58.9 Å². The topological polar surface area (TPSA) is 9.23 Å². The predicted octanol–water partition coefficient (Wildman–Crippen LogP) is 5.97. The molecule has 2 rings (SSSR count). The maximum absolute atomic E-state index is 5.97. The van der Waals surface area contributed by atoms with Crippen LogP contribution in [0.1, 0.15) is 45.7 Å². The lowest BCUT2D eigenvalue weighted by Crippen LogP contribution is -2.10. The second-order valence-corrected chi connectivity index (χ2v) is 7.12. The van der Waals surface area contributed by atoms with Gasteiger partial charge >= 0.3 is 0 Å². The first-order valence-corrected chi connectivity index (χ1v) is 7.72. The van der Waals surface area contributed by atoms with Gasteiger partial charge in [0.25, 0.3) is 0 Å². The normalized spacial score (nSPS) is 11.7. The fourth-order valence-corrected chi connectivity index (χ4v) is 2.37. The van der Waals surface area contributed by atoms with Crippen LogP contribution in [-0.4, -0.2) is 0 Å². The van der Waals surface area contributed by atoms with Gasteiger partial charge in [0, 0.05) is 0 Å². The molecular formula is C20H26O. The monoisotopic (exact) mass is 282 g/mol. The van der Waals surface area contributed by atoms with Gasteiger partial charge in [0.1, 0.15) is 11.5 Å². The maximum atomic E-state index is 5.97. The Balaban J connectivity index is 2.11. The summed E-state index contributed by atoms with van der Waals surface area (Å²) in [5.74, 6) is 2.47. The summed E-state index contributed by atoms with van der Waals surface area (Å²) in [5, 5.41) is 0. The van der Waals surface area contributed by atoms with Crippen LogP contribution in [0.2, 0.25) is 0 Å². The van der Waals surface area contributed by atoms with E-state index in [0.29, 0.717) is 5.92 Å². The molecule has 0 amide bonds. The molecule has 0 spiro atoms. The van der Waals surface area contributed by atoms with Crippen LogP contribution in [0.15, 0.2) is 48.5 Å². The van der Waals surface area contributed by atoms with Crippen LogP contribution in [-0.2, 0) is 11.8 Å². The van der Waals surface area contributed by atoms with E-state index in [1.807, 2.05) is 6.07 Å². The first-order chi connectivity index (χ1) is 9.84. The minimum Gasteiger partial charge on any atom is -0.457 e. The molecule has 0 saturated carbocycles. The average molecular weight is 282 g/mol. The Hall–Kier alpha value is -1.76. The summed E-state index contributed by atoms with van der Waals surface area (Å²) in [4.78, 5) is 0. The summed E-state index contributed by atoms with van der Waals surface area (Å²) in [6.45, 7) is 11.1. The summed E-state index contributed by atoms with van der Waals surface area (Å²) in [6, 6.07) is 16.8. The lowest BCUT2D eigenvalue weighted by Gasteiger charge is -2.19. The number of benzene rings is 2. The summed E-state index contributed by atoms with van der Waals surface area (Å²) >= 11 is 0. The van der Waals surface area contributed by atoms with Crippen LogP contribution in [0, 0.1) is 5.92 Å². The van der Waals surface area contributed by atoms with E-state index < -0.39 is 0 Å². The Bertz CT molecular complexity index is 574. The van der Waals surface area contributed by atoms with Crippen molar-refractivity contribution in [3.63, 3.8) is 0 Å². The van der Waals surface area contributed by atoms with Crippen molar-refractivity contribution in [1.82, 2.24) is 0 Å². The highest BCUT2D eigenvalue weighted by Gasteiger charge is 2.13. The first kappa shape index (κ1) is 15.6. The standard InChI is InChI=1S/C20H26O/c1-15(2)13-16-7-6-8-19(14-16)21-18-11-9-17(10-12-18)20(3,4)5/h6-12,14-15H,13H2,1-5H3. The smallest absolute Gasteiger partial charge is 0.127 e. The van der Waals surface area contributed by atoms with Crippen molar-refractivity contribution in [2.45, 2.75) is 46.5 Å². The van der Waals surface area contributed by atoms with Gasteiger partial charge < -0.3 is 4.74 Å². The second kappa shape index (κ2) is 6.34. The third-order valence-corrected chi connectivity index (χ3v) is 3.50. The van der Waals surface area contributed by atoms with Crippen molar-refractivity contribution < 1.29 is 4.74 Å². The molecule has 1 nitrogen and oxygen atoms in total. The molecule has 1 heteroatoms. The predicted molar refractivity (Wildman–Crippen MR) is 90.2 cm³/mol. The molecule has 0 saturated heterocycles. The van der Waals surface area contributed by atoms with Crippen molar-refractivity contribution in [3.05, 3.63) is 59.7 Å². The number of rotatable bonds is 4. The Morgan fingerprint density at radius 2 is 1.57 bits per heavy atom. The van der Waals surface area contributed by atoms with E-state index in [9.17, 15) is 0 Å². The molecule has 0 aliphatic heterocycles. The van der Waals surface area contributed by atoms with Crippen LogP contribution < -0.4 is 4.74 Å². The van der Waals surface area contributed by atoms with Crippen LogP contribution >= 0.6 is 0 Å². The van der Waals surface area contributed by atoms with Crippen molar-refractivity contribution in [2.75, 3.05) is 0 Å². The number of hydrogen-bond acceptors (Lipinski definition) is 1. The van der Waals surface area contributed by atoms with Gasteiger partial charge in [0.05, 0.1) is 0 Å². The van der Waals surface area contributed by atoms with E-state index in [1.54, 1.807) is 0 Å². The Morgan fingerprint density at radius 1 is 0.905 bits per heavy atom. The Morgan fingerprint density at radius 3 is 2.14 bits per heavy atom. The lowest BCUT2D eigenvalue weighted by atomic mass is 9.87. The fourth-order valence-electron chi connectivity index (χ4n) is 2.37. The fraction of sp³-hybridized carbons (Fsp3) is 0.400. The molecule has 0 aliphatic rings. The van der Waals surface area contributed by atoms with Crippen molar-refractivity contribution in [3.8, 4) is 11.5 Å². The molecule has 2 aromatic carbocycles. The quantitative estimate of drug-likeness (QED) is 0.670. The third kappa shape index (κ3) is 4.63. The highest BCUT2D eigenvalue weighted by atomic mass is 16.5. The minimum atomic E-state index is 0.176. The highest BCUT2D eigenvalue weighted by Crippen LogP contribution is 2.27. The van der Waals surface area contributed by atoms with Crippen LogP contribution in [0.4, 0.5) is 0 Å². The average Bonchev–Trinajstić information content (AvgIpc) is 2.38. The van der Waals surface area contributed by atoms with Gasteiger partial charge in [-0.15, -0.1) is 0 Å². The number of ether oxygens (including phenoxy) is 1. The summed E-state index contributed by atoms with van der Waals surface area (Å²) < 4.78 is 5.97. The molecule has 21 heavy (non-hydrogen) atoms. The van der Waals surface area contributed by atoms with Gasteiger partial charge in [0.2, 0.25) is 0 Å². The first-order valence-electron chi connectivity index (χ1n) is 7.72. The Labute approximate surface area is 129 Å². The molecule has 2 aromatic rings. The summed E-state index contributed by atoms with van der Waals surface area (Å²) in [7, 11) is 0. The van der Waals surface area contributed by atoms with Gasteiger partial charge in [-0.05, 0) is 53.1 Å². The van der Waals surface area contributed by atoms with E-state index in [1.165, 1.54) is 11.1 Å². The van der Waals surface area contributed by atoms with Crippen molar-refractivity contribution in [1.29, 1.82) is 0 Å². The summed E-state index contributed by atoms with van der Waals surface area (Å²) in [5.41, 5.74) is 2.83. The largest absolute Gasteiger partial charge is 0.457 e. The van der Waals surface area contributed by atoms with E-state index in [0.717, 1.165) is 17.9 Å². The minimum absolute atomic E-state index is 0.176. The van der Waals surface area contributed by atoms with Gasteiger partial charge in [-0.3, -0.25) is 0 Å². The molecule has 0 aliphatic carbocycles. The maximum Gasteiger partial charge on any atom is 0.127 e. The Kier molecular flexibility index (Phi) is 4.72. The zero-order valence-corrected chi connectivity index (χ0v) is 13.8. The van der Waals surface area contributed by atoms with E-state index in [-0.39, 0.29) is 5.41 Å². The van der Waals surface area contributed by atoms with Crippen molar-refractivity contribution >= 4 is 0 Å². The lowest BCUT2D eigenvalue weighted by molar-refractivity contribution is 0.480. The molecule has 0 fully saturated rings. The second-order valence-electron chi connectivity index (χ2n) is 7.12. The van der Waals surface area contributed by atoms with E-state index in [4.69, 9.17) is 4.74 Å². The zero-order valence-electron chi connectivity index (χ0n) is 13.8. The van der Waals surface area contributed by atoms with E-state index >= 15 is 0 Å². The van der Waals surface area contributed by atoms with Crippen molar-refractivity contribution in [2.24, 2.45) is 5.92 Å². The van der Waals surface area contributed by atoms with E-state index in [2.05, 4.69) is 77.1 Å². The van der Waals surface area contributed by atoms with Crippen LogP contribution in [0.25, 0.3) is 0 Å². The van der Waals surface area contributed by atoms with Crippen LogP contribution in [0.3, 0.4) is 0 Å². The molecule has 0 unspecified atom stereocenters. The summed E-state index contributed by atoms with van der Waals surface area (Å²) in [6.07, 6.45) is 1.08. The van der Waals surface area contributed by atoms with Gasteiger partial charge in [-0.25, -0.2) is 0 Å².